The van der Waals surface area contributed by atoms with Crippen molar-refractivity contribution in [2.24, 2.45) is 0 Å². The fraction of sp³-hybridized carbons (Fsp3) is 0.111. The minimum atomic E-state index is -3.81. The van der Waals surface area contributed by atoms with E-state index in [9.17, 15) is 8.42 Å². The van der Waals surface area contributed by atoms with Crippen molar-refractivity contribution in [2.75, 3.05) is 10.5 Å². The van der Waals surface area contributed by atoms with Crippen LogP contribution in [-0.4, -0.2) is 18.4 Å². The predicted octanol–water partition coefficient (Wildman–Crippen LogP) is 3.57. The molecule has 0 radical (unpaired) electrons. The van der Waals surface area contributed by atoms with Crippen LogP contribution in [0.25, 0.3) is 11.1 Å². The molecular weight excluding hydrogens is 372 g/mol. The summed E-state index contributed by atoms with van der Waals surface area (Å²) in [5, 5.41) is 0. The Morgan fingerprint density at radius 2 is 1.88 bits per heavy atom. The van der Waals surface area contributed by atoms with Gasteiger partial charge >= 0.3 is 0 Å². The van der Waals surface area contributed by atoms with E-state index in [4.69, 9.17) is 17.3 Å². The first-order valence-electron chi connectivity index (χ1n) is 7.77. The van der Waals surface area contributed by atoms with Crippen LogP contribution < -0.4 is 10.5 Å². The number of nitrogens with zero attached hydrogens (tertiary/aromatic N) is 2. The van der Waals surface area contributed by atoms with Gasteiger partial charge in [-0.2, -0.15) is 0 Å². The molecule has 26 heavy (non-hydrogen) atoms. The van der Waals surface area contributed by atoms with E-state index < -0.39 is 10.0 Å². The van der Waals surface area contributed by atoms with Gasteiger partial charge in [0.05, 0.1) is 10.6 Å². The number of sulfonamides is 1. The van der Waals surface area contributed by atoms with Crippen molar-refractivity contribution in [3.05, 3.63) is 66.0 Å². The van der Waals surface area contributed by atoms with Crippen LogP contribution in [0.3, 0.4) is 0 Å². The number of nitrogen functional groups attached to an aromatic ring is 1. The quantitative estimate of drug-likeness (QED) is 0.651. The number of aromatic nitrogens is 2. The van der Waals surface area contributed by atoms with Crippen molar-refractivity contribution in [1.82, 2.24) is 9.97 Å². The number of hydrogen-bond donors (Lipinski definition) is 2. The summed E-state index contributed by atoms with van der Waals surface area (Å²) in [6, 6.07) is 13.7. The first kappa shape index (κ1) is 18.2. The lowest BCUT2D eigenvalue weighted by molar-refractivity contribution is 0.600. The summed E-state index contributed by atoms with van der Waals surface area (Å²) in [4.78, 5) is 8.24. The summed E-state index contributed by atoms with van der Waals surface area (Å²) < 4.78 is 28.3. The van der Waals surface area contributed by atoms with E-state index in [1.165, 1.54) is 0 Å². The molecule has 0 bridgehead atoms. The SMILES string of the molecule is Cc1nc(N)ncc1-c1ccc(CCl)c(S(=O)(=O)Nc2ccccc2)c1. The normalized spacial score (nSPS) is 11.3. The van der Waals surface area contributed by atoms with Gasteiger partial charge in [0.15, 0.2) is 0 Å². The van der Waals surface area contributed by atoms with Crippen LogP contribution in [-0.2, 0) is 15.9 Å². The van der Waals surface area contributed by atoms with Gasteiger partial charge in [0.2, 0.25) is 5.95 Å². The Morgan fingerprint density at radius 1 is 1.15 bits per heavy atom. The van der Waals surface area contributed by atoms with Crippen molar-refractivity contribution in [2.45, 2.75) is 17.7 Å². The molecule has 2 aromatic carbocycles. The molecule has 134 valence electrons. The highest BCUT2D eigenvalue weighted by Gasteiger charge is 2.20. The van der Waals surface area contributed by atoms with Gasteiger partial charge in [0, 0.05) is 23.3 Å². The monoisotopic (exact) mass is 388 g/mol. The molecule has 0 unspecified atom stereocenters. The molecule has 0 saturated carbocycles. The van der Waals surface area contributed by atoms with Crippen LogP contribution in [0.5, 0.6) is 0 Å². The minimum absolute atomic E-state index is 0.0720. The molecule has 8 heteroatoms. The second kappa shape index (κ2) is 7.31. The van der Waals surface area contributed by atoms with Crippen LogP contribution in [0, 0.1) is 6.92 Å². The summed E-state index contributed by atoms with van der Waals surface area (Å²) in [7, 11) is -3.81. The highest BCUT2D eigenvalue weighted by atomic mass is 35.5. The third-order valence-corrected chi connectivity index (χ3v) is 5.59. The lowest BCUT2D eigenvalue weighted by atomic mass is 10.0. The van der Waals surface area contributed by atoms with E-state index in [2.05, 4.69) is 14.7 Å². The van der Waals surface area contributed by atoms with Gasteiger partial charge in [-0.25, -0.2) is 18.4 Å². The number of anilines is 2. The molecule has 0 atom stereocenters. The Labute approximate surface area is 157 Å². The topological polar surface area (TPSA) is 98.0 Å². The zero-order chi connectivity index (χ0) is 18.7. The Balaban J connectivity index is 2.08. The number of benzene rings is 2. The maximum absolute atomic E-state index is 12.9. The number of nitrogens with two attached hydrogens (primary N) is 1. The number of aryl methyl sites for hydroxylation is 1. The van der Waals surface area contributed by atoms with Crippen molar-refractivity contribution in [1.29, 1.82) is 0 Å². The average molecular weight is 389 g/mol. The number of hydrogen-bond acceptors (Lipinski definition) is 5. The maximum atomic E-state index is 12.9. The Hall–Kier alpha value is -2.64. The van der Waals surface area contributed by atoms with E-state index in [1.807, 2.05) is 6.07 Å². The van der Waals surface area contributed by atoms with Gasteiger partial charge in [-0.15, -0.1) is 11.6 Å². The first-order valence-corrected chi connectivity index (χ1v) is 9.79. The molecular formula is C18H17ClN4O2S. The second-order valence-electron chi connectivity index (χ2n) is 5.65. The summed E-state index contributed by atoms with van der Waals surface area (Å²) in [6.07, 6.45) is 1.58. The highest BCUT2D eigenvalue weighted by molar-refractivity contribution is 7.92. The minimum Gasteiger partial charge on any atom is -0.368 e. The van der Waals surface area contributed by atoms with Gasteiger partial charge in [0.25, 0.3) is 10.0 Å². The van der Waals surface area contributed by atoms with Crippen molar-refractivity contribution in [3.8, 4) is 11.1 Å². The maximum Gasteiger partial charge on any atom is 0.262 e. The fourth-order valence-corrected chi connectivity index (χ4v) is 4.20. The zero-order valence-corrected chi connectivity index (χ0v) is 15.6. The number of halogens is 1. The van der Waals surface area contributed by atoms with Gasteiger partial charge < -0.3 is 5.73 Å². The Bertz CT molecular complexity index is 1040. The largest absolute Gasteiger partial charge is 0.368 e. The number of nitrogens with one attached hydrogen (secondary N) is 1. The molecule has 1 heterocycles. The Morgan fingerprint density at radius 3 is 2.54 bits per heavy atom. The van der Waals surface area contributed by atoms with Crippen LogP contribution in [0.2, 0.25) is 0 Å². The predicted molar refractivity (Wildman–Crippen MR) is 103 cm³/mol. The lowest BCUT2D eigenvalue weighted by Crippen LogP contribution is -2.15. The molecule has 0 saturated heterocycles. The number of rotatable bonds is 5. The fourth-order valence-electron chi connectivity index (χ4n) is 2.57. The summed E-state index contributed by atoms with van der Waals surface area (Å²) in [6.45, 7) is 1.79. The van der Waals surface area contributed by atoms with Crippen LogP contribution in [0.4, 0.5) is 11.6 Å². The highest BCUT2D eigenvalue weighted by Crippen LogP contribution is 2.29. The first-order chi connectivity index (χ1) is 12.4. The van der Waals surface area contributed by atoms with Crippen LogP contribution in [0.15, 0.2) is 59.6 Å². The molecule has 0 spiro atoms. The van der Waals surface area contributed by atoms with Gasteiger partial charge in [0.1, 0.15) is 0 Å². The smallest absolute Gasteiger partial charge is 0.262 e. The molecule has 1 aromatic heterocycles. The lowest BCUT2D eigenvalue weighted by Gasteiger charge is -2.13. The molecule has 3 N–H and O–H groups in total. The third-order valence-electron chi connectivity index (χ3n) is 3.84. The van der Waals surface area contributed by atoms with Gasteiger partial charge in [-0.05, 0) is 36.2 Å². The molecule has 0 amide bonds. The molecule has 0 aliphatic heterocycles. The van der Waals surface area contributed by atoms with Crippen molar-refractivity contribution < 1.29 is 8.42 Å². The summed E-state index contributed by atoms with van der Waals surface area (Å²) >= 11 is 5.96. The molecule has 0 fully saturated rings. The van der Waals surface area contributed by atoms with E-state index in [0.29, 0.717) is 28.1 Å². The molecule has 3 rings (SSSR count). The number of alkyl halides is 1. The molecule has 0 aliphatic rings. The van der Waals surface area contributed by atoms with Gasteiger partial charge in [-0.1, -0.05) is 30.3 Å². The van der Waals surface area contributed by atoms with E-state index >= 15 is 0 Å². The third kappa shape index (κ3) is 3.79. The Kier molecular flexibility index (Phi) is 5.11. The average Bonchev–Trinajstić information content (AvgIpc) is 2.62. The summed E-state index contributed by atoms with van der Waals surface area (Å²) in [5.41, 5.74) is 8.61. The van der Waals surface area contributed by atoms with Crippen LogP contribution in [0.1, 0.15) is 11.3 Å². The molecule has 6 nitrogen and oxygen atoms in total. The molecule has 0 aliphatic carbocycles. The van der Waals surface area contributed by atoms with E-state index in [-0.39, 0.29) is 16.7 Å². The van der Waals surface area contributed by atoms with Crippen LogP contribution >= 0.6 is 11.6 Å². The van der Waals surface area contributed by atoms with Crippen molar-refractivity contribution in [3.63, 3.8) is 0 Å². The van der Waals surface area contributed by atoms with E-state index in [0.717, 1.165) is 0 Å². The number of para-hydroxylation sites is 1. The molecule has 3 aromatic rings. The summed E-state index contributed by atoms with van der Waals surface area (Å²) in [5.74, 6) is 0.241. The second-order valence-corrected chi connectivity index (χ2v) is 7.57. The van der Waals surface area contributed by atoms with Crippen molar-refractivity contribution >= 4 is 33.3 Å². The van der Waals surface area contributed by atoms with Gasteiger partial charge in [-0.3, -0.25) is 4.72 Å². The zero-order valence-electron chi connectivity index (χ0n) is 14.0. The van der Waals surface area contributed by atoms with E-state index in [1.54, 1.807) is 55.6 Å². The standard InChI is InChI=1S/C18H17ClN4O2S/c1-12-16(11-21-18(20)22-12)13-7-8-14(10-19)17(9-13)26(24,25)23-15-5-3-2-4-6-15/h2-9,11,23H,10H2,1H3,(H2,20,21,22).